The van der Waals surface area contributed by atoms with Crippen molar-refractivity contribution >= 4 is 0 Å². The van der Waals surface area contributed by atoms with Crippen molar-refractivity contribution in [2.45, 2.75) is 202 Å². The molecule has 0 N–H and O–H groups in total. The highest BCUT2D eigenvalue weighted by atomic mass is 14.9. The molecule has 0 atom stereocenters. The molecular weight excluding hydrogens is 1510 g/mol. The molecule has 640 valence electrons. The summed E-state index contributed by atoms with van der Waals surface area (Å²) in [6.07, 6.45) is 8.86. The van der Waals surface area contributed by atoms with Gasteiger partial charge in [0.15, 0.2) is 31.0 Å². The number of hydrogen-bond acceptors (Lipinski definition) is 0. The fraction of sp³-hybridized carbons (Fsp3) is 0.292. The summed E-state index contributed by atoms with van der Waals surface area (Å²) in [6.45, 7) is 34.1. The Morgan fingerprint density at radius 1 is 0.240 bits per heavy atom. The van der Waals surface area contributed by atoms with Crippen LogP contribution in [0.2, 0.25) is 0 Å². The second-order valence-corrected chi connectivity index (χ2v) is 34.5. The predicted molar refractivity (Wildman–Crippen MR) is 534 cm³/mol. The van der Waals surface area contributed by atoms with E-state index in [4.69, 9.17) is 19.2 Å². The van der Waals surface area contributed by atoms with Gasteiger partial charge in [-0.2, -0.15) is 0 Å². The van der Waals surface area contributed by atoms with Gasteiger partial charge in [0.05, 0.1) is 0 Å². The van der Waals surface area contributed by atoms with Crippen LogP contribution in [0, 0.1) is 89.8 Å². The van der Waals surface area contributed by atoms with E-state index in [0.717, 1.165) is 46.2 Å². The van der Waals surface area contributed by atoms with E-state index in [1.54, 1.807) is 62.1 Å². The van der Waals surface area contributed by atoms with E-state index in [-0.39, 0.29) is 27.8 Å². The van der Waals surface area contributed by atoms with Gasteiger partial charge in [-0.05, 0) is 303 Å². The third kappa shape index (κ3) is 22.0. The second kappa shape index (κ2) is 42.1. The SMILES string of the molecule is CCc1cc(-c2cc(-c3ccccc3)c(C)cc2C)[n+](C)cc1CC.Cc1cc(C)c(-c2cc(C(C)C)c(C)c[n+]2C)cc1-c1ccccc1.Cc1cc(C)c(-c2cc(C)c(C(C)C)c[n+]2C)cc1-c1ccccc1.[2H]C([2H])([2H])c1cc(C)c(-c2cc(C([2H])([2H])C)c(C([2H])([2H])C)c[n+]2C)cc1-c1ccccc1.[2H]C([2H])([2H])c1cc(C)c(-c2cc(C([2H])([2H])[2H])c(C([2H])(C)C)c[n+]2C)cc1-c1ccccc1. The topological polar surface area (TPSA) is 19.4 Å². The first-order valence-electron chi connectivity index (χ1n) is 51.1. The van der Waals surface area contributed by atoms with Crippen LogP contribution < -0.4 is 22.8 Å². The third-order valence-corrected chi connectivity index (χ3v) is 24.4. The molecule has 0 aliphatic rings. The summed E-state index contributed by atoms with van der Waals surface area (Å²) >= 11 is 0. The van der Waals surface area contributed by atoms with Crippen LogP contribution in [0.1, 0.15) is 217 Å². The molecule has 15 aromatic rings. The molecule has 5 aromatic heterocycles. The Hall–Kier alpha value is -12.1. The molecule has 0 saturated heterocycles. The van der Waals surface area contributed by atoms with Gasteiger partial charge >= 0.3 is 0 Å². The Morgan fingerprint density at radius 3 is 0.816 bits per heavy atom. The van der Waals surface area contributed by atoms with Gasteiger partial charge in [0.25, 0.3) is 0 Å². The standard InChI is InChI=1S/5C24H28N/c1-16(2)21-14-24(25(6)15-19(21)5)23-13-22(17(3)12-18(23)4)20-10-8-7-9-11-20;2*1-16(2)23-15-25(6)24(13-19(23)5)22-14-21(17(3)12-18(22)4)20-10-8-7-9-11-20;2*1-6-19-14-24(25(5)16-20(19)7-2)23-15-22(17(3)13-18(23)4)21-11-9-8-10-12-21/h3*7-16H,1-6H3;2*8-16H,6-7H2,1-5H3/q5*+1/i;3D3,5D3,16D;;3D3,6D2,7D2;. The molecular formula is C120H140N5+5. The zero-order chi connectivity index (χ0) is 102. The van der Waals surface area contributed by atoms with Crippen molar-refractivity contribution in [3.63, 3.8) is 0 Å². The summed E-state index contributed by atoms with van der Waals surface area (Å²) in [7, 11) is 10.1. The van der Waals surface area contributed by atoms with Gasteiger partial charge in [-0.3, -0.25) is 0 Å². The van der Waals surface area contributed by atoms with Crippen molar-refractivity contribution in [1.29, 1.82) is 0 Å². The van der Waals surface area contributed by atoms with Crippen LogP contribution in [0.5, 0.6) is 0 Å². The van der Waals surface area contributed by atoms with Crippen LogP contribution in [0.25, 0.3) is 112 Å². The third-order valence-electron chi connectivity index (χ3n) is 24.4. The average Bonchev–Trinajstić information content (AvgIpc) is 0.753. The van der Waals surface area contributed by atoms with Gasteiger partial charge in [0.1, 0.15) is 35.2 Å². The lowest BCUT2D eigenvalue weighted by Crippen LogP contribution is -2.32. The number of aromatic nitrogens is 5. The summed E-state index contributed by atoms with van der Waals surface area (Å²) in [5, 5.41) is 0. The summed E-state index contributed by atoms with van der Waals surface area (Å²) in [5.74, 6) is -0.0198. The van der Waals surface area contributed by atoms with Gasteiger partial charge in [0, 0.05) is 105 Å². The van der Waals surface area contributed by atoms with Crippen molar-refractivity contribution in [1.82, 2.24) is 0 Å². The first-order chi connectivity index (χ1) is 65.0. The van der Waals surface area contributed by atoms with Crippen LogP contribution in [0.15, 0.2) is 274 Å². The Balaban J connectivity index is 0.000000167. The summed E-state index contributed by atoms with van der Waals surface area (Å²) in [5.41, 5.74) is 40.8. The van der Waals surface area contributed by atoms with Crippen molar-refractivity contribution < 1.29 is 42.0 Å². The molecule has 10 aromatic carbocycles. The molecule has 15 rings (SSSR count). The largest absolute Gasteiger partial charge is 0.212 e. The van der Waals surface area contributed by atoms with Gasteiger partial charge in [-0.1, -0.05) is 251 Å². The smallest absolute Gasteiger partial charge is 0.201 e. The highest BCUT2D eigenvalue weighted by Crippen LogP contribution is 2.39. The normalized spacial score (nSPS) is 13.3. The number of aryl methyl sites for hydroxylation is 22. The first kappa shape index (κ1) is 75.5. The zero-order valence-electron chi connectivity index (χ0n) is 92.8. The molecule has 0 fully saturated rings. The molecule has 125 heavy (non-hydrogen) atoms. The lowest BCUT2D eigenvalue weighted by molar-refractivity contribution is -0.661. The van der Waals surface area contributed by atoms with E-state index in [2.05, 4.69) is 296 Å². The molecule has 0 bridgehead atoms. The molecule has 0 amide bonds. The van der Waals surface area contributed by atoms with Crippen LogP contribution >= 0.6 is 0 Å². The Labute approximate surface area is 772 Å². The average molecular weight is 1670 g/mol. The van der Waals surface area contributed by atoms with Crippen LogP contribution in [-0.2, 0) is 60.8 Å². The van der Waals surface area contributed by atoms with Crippen molar-refractivity contribution in [3.8, 4) is 112 Å². The number of benzene rings is 10. The van der Waals surface area contributed by atoms with E-state index in [9.17, 15) is 0 Å². The first-order valence-corrected chi connectivity index (χ1v) is 44.1. The lowest BCUT2D eigenvalue weighted by atomic mass is 9.91. The molecule has 0 aliphatic heterocycles. The molecule has 0 radical (unpaired) electrons. The van der Waals surface area contributed by atoms with Gasteiger partial charge < -0.3 is 0 Å². The second-order valence-electron chi connectivity index (χ2n) is 34.5. The van der Waals surface area contributed by atoms with E-state index in [1.165, 1.54) is 148 Å². The maximum absolute atomic E-state index is 8.43. The Bertz CT molecular complexity index is 6730. The zero-order valence-corrected chi connectivity index (χ0v) is 78.8. The van der Waals surface area contributed by atoms with Crippen molar-refractivity contribution in [3.05, 3.63) is 385 Å². The number of rotatable bonds is 17. The minimum atomic E-state index is -2.38. The fourth-order valence-electron chi connectivity index (χ4n) is 17.5. The van der Waals surface area contributed by atoms with Crippen molar-refractivity contribution in [2.24, 2.45) is 35.2 Å². The van der Waals surface area contributed by atoms with Gasteiger partial charge in [-0.25, -0.2) is 22.8 Å². The van der Waals surface area contributed by atoms with E-state index in [1.807, 2.05) is 98.3 Å². The lowest BCUT2D eigenvalue weighted by Gasteiger charge is -2.14. The quantitative estimate of drug-likeness (QED) is 0.0810. The number of hydrogen-bond donors (Lipinski definition) is 0. The number of pyridine rings is 5. The fourth-order valence-corrected chi connectivity index (χ4v) is 17.5. The molecule has 0 aliphatic carbocycles. The van der Waals surface area contributed by atoms with Gasteiger partial charge in [-0.15, -0.1) is 0 Å². The highest BCUT2D eigenvalue weighted by Gasteiger charge is 2.26. The van der Waals surface area contributed by atoms with E-state index >= 15 is 0 Å². The van der Waals surface area contributed by atoms with Crippen LogP contribution in [-0.4, -0.2) is 0 Å². The maximum atomic E-state index is 8.43. The molecule has 5 heteroatoms. The van der Waals surface area contributed by atoms with Gasteiger partial charge in [0.2, 0.25) is 28.5 Å². The minimum Gasteiger partial charge on any atom is -0.201 e. The molecule has 0 saturated carbocycles. The highest BCUT2D eigenvalue weighted by molar-refractivity contribution is 5.81. The Morgan fingerprint density at radius 2 is 0.504 bits per heavy atom. The van der Waals surface area contributed by atoms with E-state index < -0.39 is 39.2 Å². The summed E-state index contributed by atoms with van der Waals surface area (Å²) < 4.78 is 124. The number of nitrogens with zero attached hydrogens (tertiary/aromatic N) is 5. The molecule has 5 heterocycles. The molecule has 0 unspecified atom stereocenters. The van der Waals surface area contributed by atoms with Crippen molar-refractivity contribution in [2.75, 3.05) is 0 Å². The monoisotopic (exact) mass is 1670 g/mol. The maximum Gasteiger partial charge on any atom is 0.212 e. The molecule has 5 nitrogen and oxygen atoms in total. The summed E-state index contributed by atoms with van der Waals surface area (Å²) in [4.78, 5) is 0. The van der Waals surface area contributed by atoms with E-state index in [0.29, 0.717) is 39.9 Å². The molecule has 0 spiro atoms. The van der Waals surface area contributed by atoms with Crippen LogP contribution in [0.3, 0.4) is 0 Å². The minimum absolute atomic E-state index is 0.131. The Kier molecular flexibility index (Phi) is 25.4. The summed E-state index contributed by atoms with van der Waals surface area (Å²) in [6, 6.07) is 82.1. The predicted octanol–water partition coefficient (Wildman–Crippen LogP) is 28.9. The van der Waals surface area contributed by atoms with Crippen LogP contribution in [0.4, 0.5) is 0 Å².